The van der Waals surface area contributed by atoms with E-state index < -0.39 is 0 Å². The molecule has 1 fully saturated rings. The van der Waals surface area contributed by atoms with Crippen LogP contribution in [0.5, 0.6) is 0 Å². The van der Waals surface area contributed by atoms with Gasteiger partial charge >= 0.3 is 5.69 Å². The zero-order valence-electron chi connectivity index (χ0n) is 18.7. The van der Waals surface area contributed by atoms with Gasteiger partial charge in [0.05, 0.1) is 17.6 Å². The number of hydrogen-bond donors (Lipinski definition) is 1. The molecule has 9 nitrogen and oxygen atoms in total. The van der Waals surface area contributed by atoms with E-state index in [1.54, 1.807) is 23.2 Å². The monoisotopic (exact) mass is 446 g/mol. The van der Waals surface area contributed by atoms with E-state index in [1.165, 1.54) is 0 Å². The molecular formula is C24H26N6O3. The summed E-state index contributed by atoms with van der Waals surface area (Å²) in [4.78, 5) is 31.7. The van der Waals surface area contributed by atoms with Crippen LogP contribution < -0.4 is 11.0 Å². The third-order valence-electron chi connectivity index (χ3n) is 6.36. The number of amides is 1. The number of carbonyl (C=O) groups is 1. The van der Waals surface area contributed by atoms with Crippen LogP contribution in [0.15, 0.2) is 57.8 Å². The Bertz CT molecular complexity index is 1350. The molecule has 0 atom stereocenters. The van der Waals surface area contributed by atoms with E-state index in [1.807, 2.05) is 48.5 Å². The number of aryl methyl sites for hydroxylation is 2. The molecule has 9 heteroatoms. The average Bonchev–Trinajstić information content (AvgIpc) is 3.39. The first-order chi connectivity index (χ1) is 16.0. The minimum absolute atomic E-state index is 0.0130. The third-order valence-corrected chi connectivity index (χ3v) is 6.36. The van der Waals surface area contributed by atoms with Crippen molar-refractivity contribution in [3.8, 4) is 11.4 Å². The molecule has 0 aliphatic carbocycles. The van der Waals surface area contributed by atoms with E-state index in [4.69, 9.17) is 4.52 Å². The number of anilines is 1. The number of imidazole rings is 1. The highest BCUT2D eigenvalue weighted by Crippen LogP contribution is 2.23. The standard InChI is InChI=1S/C24H26N6O3/c1-28-19-9-8-18(14-20(19)29(2)24(28)32)25-23(31)17-10-12-30(13-11-17)15-21-26-22(27-33-21)16-6-4-3-5-7-16/h3-9,14,17H,10-13,15H2,1-2H3,(H,25,31). The predicted molar refractivity (Wildman–Crippen MR) is 125 cm³/mol. The minimum atomic E-state index is -0.0852. The van der Waals surface area contributed by atoms with Gasteiger partial charge in [0.25, 0.3) is 0 Å². The van der Waals surface area contributed by atoms with Crippen molar-refractivity contribution < 1.29 is 9.32 Å². The Morgan fingerprint density at radius 1 is 1.06 bits per heavy atom. The summed E-state index contributed by atoms with van der Waals surface area (Å²) in [6.07, 6.45) is 1.52. The lowest BCUT2D eigenvalue weighted by atomic mass is 9.96. The number of nitrogens with one attached hydrogen (secondary N) is 1. The van der Waals surface area contributed by atoms with Crippen molar-refractivity contribution in [2.45, 2.75) is 19.4 Å². The van der Waals surface area contributed by atoms with Crippen LogP contribution in [0.1, 0.15) is 18.7 Å². The summed E-state index contributed by atoms with van der Waals surface area (Å²) in [6, 6.07) is 15.3. The molecule has 33 heavy (non-hydrogen) atoms. The molecule has 1 N–H and O–H groups in total. The molecule has 0 bridgehead atoms. The van der Waals surface area contributed by atoms with Crippen molar-refractivity contribution >= 4 is 22.6 Å². The molecule has 2 aromatic heterocycles. The molecule has 3 heterocycles. The molecule has 0 spiro atoms. The maximum Gasteiger partial charge on any atom is 0.328 e. The molecule has 0 unspecified atom stereocenters. The average molecular weight is 447 g/mol. The van der Waals surface area contributed by atoms with Gasteiger partial charge in [-0.05, 0) is 44.1 Å². The molecule has 0 radical (unpaired) electrons. The van der Waals surface area contributed by atoms with Crippen molar-refractivity contribution in [2.75, 3.05) is 18.4 Å². The largest absolute Gasteiger partial charge is 0.338 e. The Hall–Kier alpha value is -3.72. The van der Waals surface area contributed by atoms with E-state index in [0.29, 0.717) is 23.9 Å². The molecule has 2 aromatic carbocycles. The number of carbonyl (C=O) groups excluding carboxylic acids is 1. The Kier molecular flexibility index (Phi) is 5.55. The summed E-state index contributed by atoms with van der Waals surface area (Å²) in [6.45, 7) is 2.15. The zero-order valence-corrected chi connectivity index (χ0v) is 18.7. The Labute approximate surface area is 190 Å². The van der Waals surface area contributed by atoms with E-state index in [0.717, 1.165) is 42.5 Å². The number of piperidine rings is 1. The van der Waals surface area contributed by atoms with Gasteiger partial charge in [-0.3, -0.25) is 18.8 Å². The second-order valence-corrected chi connectivity index (χ2v) is 8.52. The highest BCUT2D eigenvalue weighted by Gasteiger charge is 2.26. The van der Waals surface area contributed by atoms with Crippen molar-refractivity contribution in [3.63, 3.8) is 0 Å². The number of rotatable bonds is 5. The lowest BCUT2D eigenvalue weighted by molar-refractivity contribution is -0.121. The molecule has 1 saturated heterocycles. The van der Waals surface area contributed by atoms with Gasteiger partial charge in [0.1, 0.15) is 0 Å². The van der Waals surface area contributed by atoms with Gasteiger partial charge in [0.15, 0.2) is 0 Å². The van der Waals surface area contributed by atoms with E-state index in [2.05, 4.69) is 20.4 Å². The van der Waals surface area contributed by atoms with Crippen molar-refractivity contribution in [2.24, 2.45) is 20.0 Å². The van der Waals surface area contributed by atoms with E-state index in [9.17, 15) is 9.59 Å². The van der Waals surface area contributed by atoms with Crippen LogP contribution in [0.25, 0.3) is 22.4 Å². The van der Waals surface area contributed by atoms with Gasteiger partial charge in [0.2, 0.25) is 17.6 Å². The van der Waals surface area contributed by atoms with Gasteiger partial charge < -0.3 is 9.84 Å². The topological polar surface area (TPSA) is 98.2 Å². The van der Waals surface area contributed by atoms with Crippen molar-refractivity contribution in [1.82, 2.24) is 24.2 Å². The summed E-state index contributed by atoms with van der Waals surface area (Å²) in [5, 5.41) is 7.10. The Morgan fingerprint density at radius 3 is 2.55 bits per heavy atom. The quantitative estimate of drug-likeness (QED) is 0.506. The molecular weight excluding hydrogens is 420 g/mol. The second-order valence-electron chi connectivity index (χ2n) is 8.52. The number of likely N-dealkylation sites (tertiary alicyclic amines) is 1. The molecule has 170 valence electrons. The van der Waals surface area contributed by atoms with Crippen LogP contribution >= 0.6 is 0 Å². The predicted octanol–water partition coefficient (Wildman–Crippen LogP) is 2.78. The lowest BCUT2D eigenvalue weighted by Gasteiger charge is -2.30. The van der Waals surface area contributed by atoms with Gasteiger partial charge in [-0.2, -0.15) is 4.98 Å². The Morgan fingerprint density at radius 2 is 1.79 bits per heavy atom. The highest BCUT2D eigenvalue weighted by atomic mass is 16.5. The van der Waals surface area contributed by atoms with Crippen LogP contribution in [-0.4, -0.2) is 43.2 Å². The summed E-state index contributed by atoms with van der Waals surface area (Å²) in [5.74, 6) is 1.13. The van der Waals surface area contributed by atoms with Crippen LogP contribution in [-0.2, 0) is 25.4 Å². The molecule has 4 aromatic rings. The molecule has 1 amide bonds. The number of benzene rings is 2. The van der Waals surface area contributed by atoms with Crippen LogP contribution in [0.4, 0.5) is 5.69 Å². The first-order valence-electron chi connectivity index (χ1n) is 11.1. The highest BCUT2D eigenvalue weighted by molar-refractivity contribution is 5.94. The van der Waals surface area contributed by atoms with Gasteiger partial charge in [-0.15, -0.1) is 0 Å². The Balaban J connectivity index is 1.17. The minimum Gasteiger partial charge on any atom is -0.338 e. The lowest BCUT2D eigenvalue weighted by Crippen LogP contribution is -2.37. The van der Waals surface area contributed by atoms with Crippen LogP contribution in [0.2, 0.25) is 0 Å². The number of hydrogen-bond acceptors (Lipinski definition) is 6. The summed E-state index contributed by atoms with van der Waals surface area (Å²) < 4.78 is 8.61. The number of fused-ring (bicyclic) bond motifs is 1. The third kappa shape index (κ3) is 4.19. The van der Waals surface area contributed by atoms with Gasteiger partial charge in [0, 0.05) is 31.3 Å². The first kappa shape index (κ1) is 21.1. The van der Waals surface area contributed by atoms with Crippen molar-refractivity contribution in [1.29, 1.82) is 0 Å². The van der Waals surface area contributed by atoms with E-state index in [-0.39, 0.29) is 17.5 Å². The molecule has 0 saturated carbocycles. The van der Waals surface area contributed by atoms with Crippen LogP contribution in [0, 0.1) is 5.92 Å². The summed E-state index contributed by atoms with van der Waals surface area (Å²) >= 11 is 0. The fourth-order valence-electron chi connectivity index (χ4n) is 4.40. The maximum atomic E-state index is 12.8. The van der Waals surface area contributed by atoms with Crippen molar-refractivity contribution in [3.05, 3.63) is 64.9 Å². The van der Waals surface area contributed by atoms with Crippen LogP contribution in [0.3, 0.4) is 0 Å². The molecule has 1 aliphatic rings. The smallest absolute Gasteiger partial charge is 0.328 e. The summed E-state index contributed by atoms with van der Waals surface area (Å²) in [7, 11) is 3.48. The zero-order chi connectivity index (χ0) is 22.9. The van der Waals surface area contributed by atoms with Gasteiger partial charge in [-0.25, -0.2) is 4.79 Å². The normalized spacial score (nSPS) is 15.2. The molecule has 1 aliphatic heterocycles. The molecule has 5 rings (SSSR count). The number of aromatic nitrogens is 4. The second kappa shape index (κ2) is 8.67. The first-order valence-corrected chi connectivity index (χ1v) is 11.1. The summed E-state index contributed by atoms with van der Waals surface area (Å²) in [5.41, 5.74) is 3.18. The SMILES string of the molecule is Cn1c(=O)n(C)c2cc(NC(=O)C3CCN(Cc4nc(-c5ccccc5)no4)CC3)ccc21. The fraction of sp³-hybridized carbons (Fsp3) is 0.333. The van der Waals surface area contributed by atoms with Gasteiger partial charge in [-0.1, -0.05) is 35.5 Å². The maximum absolute atomic E-state index is 12.8. The fourth-order valence-corrected chi connectivity index (χ4v) is 4.40. The number of nitrogens with zero attached hydrogens (tertiary/aromatic N) is 5. The van der Waals surface area contributed by atoms with E-state index >= 15 is 0 Å².